The molecule has 0 spiro atoms. The van der Waals surface area contributed by atoms with Gasteiger partial charge < -0.3 is 14.0 Å². The Hall–Kier alpha value is -5.19. The SMILES string of the molecule is CN(C1=C(/C=C/C2=[N+](CCCCS(=O)O)c3ccc4ccccc4c3C2(C)C)c2ccccc2/C1=C\C=C1\N(CCCCS(=O)O)c2ccc3ccccc3c2C1(C)C)S(=O)(=O)C(F)(F)F. The van der Waals surface area contributed by atoms with Gasteiger partial charge in [0.15, 0.2) is 27.9 Å². The van der Waals surface area contributed by atoms with Crippen molar-refractivity contribution in [1.29, 1.82) is 0 Å². The van der Waals surface area contributed by atoms with E-state index >= 15 is 0 Å². The Morgan fingerprint density at radius 2 is 1.29 bits per heavy atom. The minimum absolute atomic E-state index is 0.120. The van der Waals surface area contributed by atoms with Crippen LogP contribution in [0.15, 0.2) is 133 Å². The van der Waals surface area contributed by atoms with Crippen LogP contribution < -0.4 is 4.90 Å². The molecule has 0 saturated heterocycles. The smallest absolute Gasteiger partial charge is 0.344 e. The predicted molar refractivity (Wildman–Crippen MR) is 262 cm³/mol. The zero-order valence-corrected chi connectivity index (χ0v) is 39.9. The first kappa shape index (κ1) is 47.3. The maximum atomic E-state index is 14.7. The number of likely N-dealkylation sites (N-methyl/N-ethyl adjacent to an activating group) is 1. The first-order valence-electron chi connectivity index (χ1n) is 21.9. The Balaban J connectivity index is 1.32. The van der Waals surface area contributed by atoms with Crippen LogP contribution in [-0.2, 0) is 43.0 Å². The highest BCUT2D eigenvalue weighted by Gasteiger charge is 2.51. The normalized spacial score (nSPS) is 18.8. The zero-order chi connectivity index (χ0) is 47.3. The van der Waals surface area contributed by atoms with Crippen molar-refractivity contribution in [3.8, 4) is 0 Å². The van der Waals surface area contributed by atoms with Gasteiger partial charge in [-0.05, 0) is 95.6 Å². The molecule has 0 amide bonds. The minimum atomic E-state index is -5.90. The van der Waals surface area contributed by atoms with E-state index in [1.54, 1.807) is 36.4 Å². The topological polar surface area (TPSA) is 118 Å². The van der Waals surface area contributed by atoms with Crippen molar-refractivity contribution >= 4 is 82.0 Å². The van der Waals surface area contributed by atoms with Crippen LogP contribution in [-0.4, -0.2) is 77.7 Å². The van der Waals surface area contributed by atoms with Gasteiger partial charge in [-0.25, -0.2) is 8.42 Å². The van der Waals surface area contributed by atoms with Crippen LogP contribution in [0.3, 0.4) is 0 Å². The summed E-state index contributed by atoms with van der Waals surface area (Å²) in [5.74, 6) is 0.240. The van der Waals surface area contributed by atoms with E-state index in [4.69, 9.17) is 0 Å². The number of alkyl halides is 3. The van der Waals surface area contributed by atoms with Crippen molar-refractivity contribution in [2.75, 3.05) is 36.5 Å². The van der Waals surface area contributed by atoms with Crippen molar-refractivity contribution in [3.05, 3.63) is 155 Å². The standard InChI is InChI=1S/C51H52F3N3O6S3/c1-49(2)44(56(30-12-14-32-64(58)59)42-26-22-34-16-6-8-18-36(34)46(42)49)28-24-40-38-20-10-11-21-39(38)41(48(40)55(5)66(62,63)51(52,53)54)25-29-45-50(3,4)47-37-19-9-7-17-35(37)23-27-43(47)57(45)31-13-15-33-65(60)61/h6-11,16-29H,12-15,30-33H2,1-5H3,(H-,58,59,60,61)/p+1. The summed E-state index contributed by atoms with van der Waals surface area (Å²) in [6, 6.07) is 31.5. The van der Waals surface area contributed by atoms with Gasteiger partial charge in [-0.15, -0.1) is 0 Å². The van der Waals surface area contributed by atoms with Gasteiger partial charge >= 0.3 is 15.5 Å². The number of anilines is 1. The predicted octanol–water partition coefficient (Wildman–Crippen LogP) is 11.2. The lowest BCUT2D eigenvalue weighted by atomic mass is 9.79. The number of allylic oxidation sites excluding steroid dienone is 7. The number of nitrogens with zero attached hydrogens (tertiary/aromatic N) is 3. The van der Waals surface area contributed by atoms with E-state index in [0.29, 0.717) is 65.4 Å². The molecule has 1 aliphatic carbocycles. The van der Waals surface area contributed by atoms with Crippen LogP contribution in [0.5, 0.6) is 0 Å². The average molecular weight is 957 g/mol. The number of rotatable bonds is 15. The first-order valence-corrected chi connectivity index (χ1v) is 25.9. The molecular weight excluding hydrogens is 904 g/mol. The van der Waals surface area contributed by atoms with E-state index in [-0.39, 0.29) is 17.2 Å². The van der Waals surface area contributed by atoms with Gasteiger partial charge in [-0.2, -0.15) is 26.2 Å². The number of unbranched alkanes of at least 4 members (excludes halogenated alkanes) is 2. The molecule has 5 aromatic carbocycles. The van der Waals surface area contributed by atoms with Gasteiger partial charge in [0.05, 0.1) is 11.1 Å². The fourth-order valence-corrected chi connectivity index (χ4v) is 11.8. The van der Waals surface area contributed by atoms with Crippen molar-refractivity contribution in [2.45, 2.75) is 69.7 Å². The number of hydrogen-bond acceptors (Lipinski definition) is 5. The van der Waals surface area contributed by atoms with Crippen molar-refractivity contribution < 1.29 is 43.7 Å². The van der Waals surface area contributed by atoms with Crippen LogP contribution in [0.2, 0.25) is 0 Å². The second-order valence-electron chi connectivity index (χ2n) is 18.0. The summed E-state index contributed by atoms with van der Waals surface area (Å²) in [5, 5.41) is 4.19. The van der Waals surface area contributed by atoms with Gasteiger partial charge in [-0.3, -0.25) is 4.31 Å². The third-order valence-corrected chi connectivity index (χ3v) is 16.0. The fraction of sp³-hybridized carbons (Fsp3) is 0.314. The van der Waals surface area contributed by atoms with Gasteiger partial charge in [-0.1, -0.05) is 98.8 Å². The van der Waals surface area contributed by atoms with Gasteiger partial charge in [0.25, 0.3) is 0 Å². The van der Waals surface area contributed by atoms with Gasteiger partial charge in [0, 0.05) is 77.2 Å². The molecule has 0 saturated carbocycles. The summed E-state index contributed by atoms with van der Waals surface area (Å²) >= 11 is -3.90. The van der Waals surface area contributed by atoms with E-state index in [0.717, 1.165) is 62.5 Å². The lowest BCUT2D eigenvalue weighted by Gasteiger charge is -2.27. The molecule has 0 bridgehead atoms. The maximum absolute atomic E-state index is 14.7. The van der Waals surface area contributed by atoms with E-state index in [9.17, 15) is 39.1 Å². The Labute approximate surface area is 389 Å². The number of fused-ring (bicyclic) bond motifs is 7. The molecule has 2 aliphatic heterocycles. The molecule has 346 valence electrons. The molecule has 15 heteroatoms. The van der Waals surface area contributed by atoms with E-state index in [2.05, 4.69) is 61.4 Å². The van der Waals surface area contributed by atoms with Crippen LogP contribution >= 0.6 is 0 Å². The summed E-state index contributed by atoms with van der Waals surface area (Å²) in [5.41, 5.74) is 0.431. The quantitative estimate of drug-likeness (QED) is 0.0609. The highest BCUT2D eigenvalue weighted by Crippen LogP contribution is 2.52. The minimum Gasteiger partial charge on any atom is -0.344 e. The van der Waals surface area contributed by atoms with Crippen LogP contribution in [0.1, 0.15) is 75.6 Å². The van der Waals surface area contributed by atoms with E-state index in [1.165, 1.54) is 0 Å². The molecule has 9 nitrogen and oxygen atoms in total. The molecule has 3 aliphatic rings. The largest absolute Gasteiger partial charge is 0.516 e. The number of sulfonamides is 1. The van der Waals surface area contributed by atoms with Crippen molar-refractivity contribution in [3.63, 3.8) is 0 Å². The lowest BCUT2D eigenvalue weighted by molar-refractivity contribution is -0.438. The van der Waals surface area contributed by atoms with Crippen LogP contribution in [0.25, 0.3) is 32.7 Å². The van der Waals surface area contributed by atoms with Crippen molar-refractivity contribution in [2.24, 2.45) is 0 Å². The summed E-state index contributed by atoms with van der Waals surface area (Å²) in [4.78, 5) is 2.16. The molecule has 2 heterocycles. The average Bonchev–Trinajstić information content (AvgIpc) is 3.79. The van der Waals surface area contributed by atoms with Gasteiger partial charge in [0.1, 0.15) is 6.54 Å². The molecular formula is C51H53F3N3O6S3+. The third-order valence-electron chi connectivity index (χ3n) is 13.2. The Bertz CT molecular complexity index is 3100. The highest BCUT2D eigenvalue weighted by molar-refractivity contribution is 7.90. The van der Waals surface area contributed by atoms with Crippen LogP contribution in [0.4, 0.5) is 24.5 Å². The van der Waals surface area contributed by atoms with Crippen LogP contribution in [0, 0.1) is 0 Å². The van der Waals surface area contributed by atoms with E-state index < -0.39 is 48.5 Å². The summed E-state index contributed by atoms with van der Waals surface area (Å²) in [6.45, 7) is 9.37. The highest BCUT2D eigenvalue weighted by atomic mass is 32.2. The number of benzene rings is 5. The molecule has 0 aromatic heterocycles. The van der Waals surface area contributed by atoms with Gasteiger partial charge in [0.2, 0.25) is 5.69 Å². The molecule has 0 fully saturated rings. The summed E-state index contributed by atoms with van der Waals surface area (Å²) < 4.78 is 116. The monoisotopic (exact) mass is 956 g/mol. The molecule has 8 rings (SSSR count). The first-order chi connectivity index (χ1) is 31.3. The second-order valence-corrected chi connectivity index (χ2v) is 22.0. The molecule has 0 radical (unpaired) electrons. The Morgan fingerprint density at radius 3 is 1.92 bits per heavy atom. The molecule has 5 aromatic rings. The second kappa shape index (κ2) is 18.1. The number of halogens is 3. The zero-order valence-electron chi connectivity index (χ0n) is 37.4. The lowest BCUT2D eigenvalue weighted by Crippen LogP contribution is -2.37. The molecule has 2 atom stereocenters. The summed E-state index contributed by atoms with van der Waals surface area (Å²) in [6.07, 6.45) is 9.37. The molecule has 66 heavy (non-hydrogen) atoms. The van der Waals surface area contributed by atoms with E-state index in [1.807, 2.05) is 60.7 Å². The maximum Gasteiger partial charge on any atom is 0.516 e. The summed E-state index contributed by atoms with van der Waals surface area (Å²) in [7, 11) is -4.96. The molecule has 2 N–H and O–H groups in total. The third kappa shape index (κ3) is 8.42. The molecule has 2 unspecified atom stereocenters. The fourth-order valence-electron chi connectivity index (χ4n) is 10.2. The van der Waals surface area contributed by atoms with Crippen molar-refractivity contribution in [1.82, 2.24) is 4.31 Å². The Morgan fingerprint density at radius 1 is 0.712 bits per heavy atom. The Kier molecular flexibility index (Phi) is 13.0. The number of hydrogen-bond donors (Lipinski definition) is 2.